The summed E-state index contributed by atoms with van der Waals surface area (Å²) in [5.41, 5.74) is 1.58. The number of halogens is 2. The van der Waals surface area contributed by atoms with Crippen molar-refractivity contribution in [2.45, 2.75) is 19.3 Å². The number of anilines is 1. The van der Waals surface area contributed by atoms with Gasteiger partial charge in [-0.05, 0) is 37.1 Å². The second kappa shape index (κ2) is 9.88. The van der Waals surface area contributed by atoms with E-state index in [2.05, 4.69) is 20.9 Å². The van der Waals surface area contributed by atoms with Gasteiger partial charge >= 0.3 is 0 Å². The molecule has 0 N–H and O–H groups in total. The van der Waals surface area contributed by atoms with E-state index < -0.39 is 0 Å². The Balaban J connectivity index is 0.00000243. The molecule has 0 aromatic heterocycles. The number of carbonyl (C=O) groups is 1. The van der Waals surface area contributed by atoms with Crippen LogP contribution < -0.4 is 9.64 Å². The molecule has 26 heavy (non-hydrogen) atoms. The Morgan fingerprint density at radius 3 is 2.54 bits per heavy atom. The van der Waals surface area contributed by atoms with Crippen molar-refractivity contribution in [3.8, 4) is 5.75 Å². The minimum absolute atomic E-state index is 0. The molecule has 4 nitrogen and oxygen atoms in total. The first-order valence-corrected chi connectivity index (χ1v) is 9.21. The molecule has 0 fully saturated rings. The van der Waals surface area contributed by atoms with Gasteiger partial charge in [-0.1, -0.05) is 40.2 Å². The van der Waals surface area contributed by atoms with Crippen molar-refractivity contribution in [3.63, 3.8) is 0 Å². The van der Waals surface area contributed by atoms with Crippen LogP contribution in [-0.2, 0) is 0 Å². The number of methoxy groups -OCH3 is 1. The quantitative estimate of drug-likeness (QED) is 0.543. The van der Waals surface area contributed by atoms with Gasteiger partial charge in [0, 0.05) is 23.0 Å². The van der Waals surface area contributed by atoms with Crippen LogP contribution in [0.3, 0.4) is 0 Å². The average Bonchev–Trinajstić information content (AvgIpc) is 2.67. The van der Waals surface area contributed by atoms with Gasteiger partial charge < -0.3 is 9.64 Å². The van der Waals surface area contributed by atoms with E-state index in [0.717, 1.165) is 47.6 Å². The molecule has 0 saturated carbocycles. The van der Waals surface area contributed by atoms with Crippen LogP contribution in [0.25, 0.3) is 0 Å². The zero-order chi connectivity index (χ0) is 17.6. The highest BCUT2D eigenvalue weighted by Crippen LogP contribution is 2.30. The van der Waals surface area contributed by atoms with E-state index in [1.165, 1.54) is 0 Å². The summed E-state index contributed by atoms with van der Waals surface area (Å²) < 4.78 is 6.47. The van der Waals surface area contributed by atoms with Gasteiger partial charge in [0.25, 0.3) is 0 Å². The average molecular weight is 482 g/mol. The predicted molar refractivity (Wildman–Crippen MR) is 115 cm³/mol. The number of ether oxygens (including phenoxy) is 1. The second-order valence-electron chi connectivity index (χ2n) is 5.94. The van der Waals surface area contributed by atoms with E-state index in [4.69, 9.17) is 4.74 Å². The van der Waals surface area contributed by atoms with Crippen LogP contribution in [0.15, 0.2) is 58.0 Å². The third kappa shape index (κ3) is 4.95. The summed E-state index contributed by atoms with van der Waals surface area (Å²) in [6.07, 6.45) is 3.08. The Morgan fingerprint density at radius 2 is 1.88 bits per heavy atom. The maximum absolute atomic E-state index is 12.8. The Labute approximate surface area is 173 Å². The Bertz CT molecular complexity index is 776. The zero-order valence-corrected chi connectivity index (χ0v) is 18.0. The molecule has 1 aliphatic rings. The molecule has 0 saturated heterocycles. The van der Waals surface area contributed by atoms with E-state index in [1.807, 2.05) is 53.4 Å². The predicted octanol–water partition coefficient (Wildman–Crippen LogP) is 5.31. The SMILES string of the molecule is Br.COc1ccccc1N(CC(=O)c1ccc(Br)cc1)C1=NCCCC1. The number of amidine groups is 1. The van der Waals surface area contributed by atoms with Crippen LogP contribution >= 0.6 is 32.9 Å². The molecule has 0 amide bonds. The zero-order valence-electron chi connectivity index (χ0n) is 14.7. The van der Waals surface area contributed by atoms with Crippen molar-refractivity contribution in [2.24, 2.45) is 4.99 Å². The number of carbonyl (C=O) groups excluding carboxylic acids is 1. The third-order valence-corrected chi connectivity index (χ3v) is 4.79. The van der Waals surface area contributed by atoms with E-state index in [9.17, 15) is 4.79 Å². The number of aliphatic imine (C=N–C) groups is 1. The molecule has 0 aliphatic carbocycles. The summed E-state index contributed by atoms with van der Waals surface area (Å²) in [7, 11) is 1.65. The van der Waals surface area contributed by atoms with Crippen LogP contribution in [-0.4, -0.2) is 31.8 Å². The van der Waals surface area contributed by atoms with Crippen LogP contribution in [0.1, 0.15) is 29.6 Å². The molecular weight excluding hydrogens is 460 g/mol. The fraction of sp³-hybridized carbons (Fsp3) is 0.300. The van der Waals surface area contributed by atoms with Crippen molar-refractivity contribution >= 4 is 50.2 Å². The molecule has 1 aliphatic heterocycles. The fourth-order valence-corrected chi connectivity index (χ4v) is 3.21. The summed E-state index contributed by atoms with van der Waals surface area (Å²) >= 11 is 3.41. The molecular formula is C20H22Br2N2O2. The highest BCUT2D eigenvalue weighted by atomic mass is 79.9. The lowest BCUT2D eigenvalue weighted by Crippen LogP contribution is -2.37. The molecule has 6 heteroatoms. The van der Waals surface area contributed by atoms with Crippen LogP contribution in [0.5, 0.6) is 5.75 Å². The summed E-state index contributed by atoms with van der Waals surface area (Å²) in [4.78, 5) is 19.5. The summed E-state index contributed by atoms with van der Waals surface area (Å²) in [6, 6.07) is 15.2. The third-order valence-electron chi connectivity index (χ3n) is 4.26. The highest BCUT2D eigenvalue weighted by Gasteiger charge is 2.22. The molecule has 3 rings (SSSR count). The molecule has 0 spiro atoms. The molecule has 0 radical (unpaired) electrons. The molecule has 0 unspecified atom stereocenters. The Hall–Kier alpha value is -1.66. The van der Waals surface area contributed by atoms with Crippen molar-refractivity contribution in [1.82, 2.24) is 0 Å². The summed E-state index contributed by atoms with van der Waals surface area (Å²) in [5, 5.41) is 0. The van der Waals surface area contributed by atoms with Gasteiger partial charge in [-0.2, -0.15) is 0 Å². The Morgan fingerprint density at radius 1 is 1.15 bits per heavy atom. The lowest BCUT2D eigenvalue weighted by molar-refractivity contribution is 0.100. The van der Waals surface area contributed by atoms with Crippen molar-refractivity contribution < 1.29 is 9.53 Å². The number of hydrogen-bond donors (Lipinski definition) is 0. The highest BCUT2D eigenvalue weighted by molar-refractivity contribution is 9.10. The number of ketones is 1. The van der Waals surface area contributed by atoms with Gasteiger partial charge in [0.1, 0.15) is 11.6 Å². The number of rotatable bonds is 5. The van der Waals surface area contributed by atoms with Crippen molar-refractivity contribution in [1.29, 1.82) is 0 Å². The lowest BCUT2D eigenvalue weighted by atomic mass is 10.1. The first kappa shape index (κ1) is 20.6. The van der Waals surface area contributed by atoms with Crippen LogP contribution in [0.2, 0.25) is 0 Å². The van der Waals surface area contributed by atoms with Gasteiger partial charge in [0.2, 0.25) is 0 Å². The largest absolute Gasteiger partial charge is 0.495 e. The van der Waals surface area contributed by atoms with Crippen molar-refractivity contribution in [3.05, 3.63) is 58.6 Å². The topological polar surface area (TPSA) is 41.9 Å². The Kier molecular flexibility index (Phi) is 7.85. The minimum atomic E-state index is 0. The van der Waals surface area contributed by atoms with Gasteiger partial charge in [-0.25, -0.2) is 0 Å². The molecule has 1 heterocycles. The number of Topliss-reactive ketones (excluding diaryl/α,β-unsaturated/α-hetero) is 1. The molecule has 2 aromatic rings. The normalized spacial score (nSPS) is 13.4. The number of nitrogens with zero attached hydrogens (tertiary/aromatic N) is 2. The maximum atomic E-state index is 12.8. The molecule has 138 valence electrons. The van der Waals surface area contributed by atoms with Crippen molar-refractivity contribution in [2.75, 3.05) is 25.1 Å². The standard InChI is InChI=1S/C20H21BrN2O2.BrH/c1-25-19-7-3-2-6-17(19)23(20-8-4-5-13-22-20)14-18(24)15-9-11-16(21)12-10-15;/h2-3,6-7,9-12H,4-5,8,13-14H2,1H3;1H. The molecule has 2 aromatic carbocycles. The summed E-state index contributed by atoms with van der Waals surface area (Å²) in [6.45, 7) is 1.06. The second-order valence-corrected chi connectivity index (χ2v) is 6.86. The monoisotopic (exact) mass is 480 g/mol. The molecule has 0 bridgehead atoms. The lowest BCUT2D eigenvalue weighted by Gasteiger charge is -2.29. The smallest absolute Gasteiger partial charge is 0.182 e. The van der Waals surface area contributed by atoms with E-state index >= 15 is 0 Å². The van der Waals surface area contributed by atoms with E-state index in [0.29, 0.717) is 5.56 Å². The number of hydrogen-bond acceptors (Lipinski definition) is 4. The van der Waals surface area contributed by atoms with Crippen LogP contribution in [0, 0.1) is 0 Å². The van der Waals surface area contributed by atoms with Gasteiger partial charge in [-0.3, -0.25) is 9.79 Å². The van der Waals surface area contributed by atoms with Gasteiger partial charge in [0.05, 0.1) is 19.3 Å². The van der Waals surface area contributed by atoms with E-state index in [1.54, 1.807) is 7.11 Å². The maximum Gasteiger partial charge on any atom is 0.182 e. The first-order valence-electron chi connectivity index (χ1n) is 8.41. The number of benzene rings is 2. The first-order chi connectivity index (χ1) is 12.2. The number of para-hydroxylation sites is 2. The van der Waals surface area contributed by atoms with E-state index in [-0.39, 0.29) is 29.3 Å². The van der Waals surface area contributed by atoms with Gasteiger partial charge in [0.15, 0.2) is 5.78 Å². The van der Waals surface area contributed by atoms with Crippen LogP contribution in [0.4, 0.5) is 5.69 Å². The van der Waals surface area contributed by atoms with Gasteiger partial charge in [-0.15, -0.1) is 17.0 Å². The molecule has 0 atom stereocenters. The minimum Gasteiger partial charge on any atom is -0.495 e. The fourth-order valence-electron chi connectivity index (χ4n) is 2.94. The summed E-state index contributed by atoms with van der Waals surface area (Å²) in [5.74, 6) is 1.77.